The van der Waals surface area contributed by atoms with Gasteiger partial charge in [0, 0.05) is 11.1 Å². The molecule has 0 saturated heterocycles. The summed E-state index contributed by atoms with van der Waals surface area (Å²) in [4.78, 5) is 25.2. The first-order valence-electron chi connectivity index (χ1n) is 6.13. The maximum atomic E-state index is 12.3. The van der Waals surface area contributed by atoms with Crippen molar-refractivity contribution >= 4 is 19.7 Å². The quantitative estimate of drug-likeness (QED) is 0.771. The molecule has 1 aliphatic rings. The molecule has 0 bridgehead atoms. The minimum atomic E-state index is -1.52. The van der Waals surface area contributed by atoms with Crippen LogP contribution in [0.1, 0.15) is 35.7 Å². The second-order valence-corrected chi connectivity index (χ2v) is 4.73. The lowest BCUT2D eigenvalue weighted by Gasteiger charge is -2.36. The van der Waals surface area contributed by atoms with Crippen molar-refractivity contribution in [3.8, 4) is 5.75 Å². The number of carbonyl (C=O) groups excluding carboxylic acids is 2. The number of nitrogens with zero attached hydrogens (tertiary/aromatic N) is 1. The van der Waals surface area contributed by atoms with Gasteiger partial charge in [0.1, 0.15) is 13.6 Å². The minimum absolute atomic E-state index is 0.0247. The molecule has 1 aromatic carbocycles. The van der Waals surface area contributed by atoms with Gasteiger partial charge < -0.3 is 15.7 Å². The van der Waals surface area contributed by atoms with Crippen LogP contribution in [0.5, 0.6) is 5.75 Å². The summed E-state index contributed by atoms with van der Waals surface area (Å²) >= 11 is 0. The molecule has 2 rings (SSSR count). The Morgan fingerprint density at radius 3 is 2.79 bits per heavy atom. The molecular weight excluding hydrogens is 243 g/mol. The van der Waals surface area contributed by atoms with E-state index in [0.29, 0.717) is 17.5 Å². The zero-order chi connectivity index (χ0) is 14.2. The molecule has 0 spiro atoms. The van der Waals surface area contributed by atoms with Crippen LogP contribution >= 0.6 is 0 Å². The van der Waals surface area contributed by atoms with E-state index >= 15 is 0 Å². The Balaban J connectivity index is 2.43. The Morgan fingerprint density at radius 2 is 2.26 bits per heavy atom. The van der Waals surface area contributed by atoms with Crippen LogP contribution in [-0.2, 0) is 11.3 Å². The maximum absolute atomic E-state index is 12.3. The predicted molar refractivity (Wildman–Crippen MR) is 70.6 cm³/mol. The number of carbonyl (C=O) groups is 2. The van der Waals surface area contributed by atoms with E-state index < -0.39 is 11.3 Å². The third-order valence-corrected chi connectivity index (χ3v) is 3.48. The molecule has 0 fully saturated rings. The fraction of sp³-hybridized carbons (Fsp3) is 0.385. The van der Waals surface area contributed by atoms with Crippen molar-refractivity contribution in [2.24, 2.45) is 5.73 Å². The number of primary amides is 1. The number of phenols is 1. The number of benzene rings is 1. The van der Waals surface area contributed by atoms with Gasteiger partial charge in [-0.25, -0.2) is 0 Å². The fourth-order valence-corrected chi connectivity index (χ4v) is 2.41. The lowest BCUT2D eigenvalue weighted by molar-refractivity contribution is -0.124. The van der Waals surface area contributed by atoms with Gasteiger partial charge in [0.2, 0.25) is 5.91 Å². The molecule has 98 valence electrons. The number of aromatic hydroxyl groups is 1. The molecular formula is C13H15BN2O3. The molecule has 1 unspecified atom stereocenters. The van der Waals surface area contributed by atoms with Crippen LogP contribution < -0.4 is 5.73 Å². The fourth-order valence-electron chi connectivity index (χ4n) is 2.41. The van der Waals surface area contributed by atoms with E-state index in [4.69, 9.17) is 13.6 Å². The zero-order valence-electron chi connectivity index (χ0n) is 10.7. The Morgan fingerprint density at radius 1 is 1.58 bits per heavy atom. The SMILES string of the molecule is [B]C(CCC)(C(N)=O)N1Cc2c(O)cccc2C1=O. The second-order valence-electron chi connectivity index (χ2n) is 4.73. The van der Waals surface area contributed by atoms with Crippen LogP contribution in [0, 0.1) is 0 Å². The summed E-state index contributed by atoms with van der Waals surface area (Å²) in [5.74, 6) is -1.09. The lowest BCUT2D eigenvalue weighted by atomic mass is 9.72. The highest BCUT2D eigenvalue weighted by Gasteiger charge is 2.44. The van der Waals surface area contributed by atoms with Gasteiger partial charge in [0.05, 0.1) is 12.0 Å². The third-order valence-electron chi connectivity index (χ3n) is 3.48. The average Bonchev–Trinajstić information content (AvgIpc) is 2.69. The number of rotatable bonds is 4. The van der Waals surface area contributed by atoms with E-state index in [1.165, 1.54) is 11.0 Å². The standard InChI is InChI=1S/C13H15BN2O3/c1-2-6-13(14,12(15)19)16-7-9-8(11(16)18)4-3-5-10(9)17/h3-5,17H,2,6-7H2,1H3,(H2,15,19). The summed E-state index contributed by atoms with van der Waals surface area (Å²) in [5, 5.41) is 9.77. The normalized spacial score (nSPS) is 17.1. The Kier molecular flexibility index (Phi) is 3.26. The maximum Gasteiger partial charge on any atom is 0.254 e. The molecule has 0 aromatic heterocycles. The highest BCUT2D eigenvalue weighted by molar-refractivity contribution is 6.30. The zero-order valence-corrected chi connectivity index (χ0v) is 10.7. The molecule has 1 aliphatic heterocycles. The van der Waals surface area contributed by atoms with Gasteiger partial charge in [-0.1, -0.05) is 19.4 Å². The lowest BCUT2D eigenvalue weighted by Crippen LogP contribution is -2.58. The number of hydrogen-bond donors (Lipinski definition) is 2. The van der Waals surface area contributed by atoms with E-state index in [0.717, 1.165) is 0 Å². The molecule has 6 heteroatoms. The molecule has 2 radical (unpaired) electrons. The second kappa shape index (κ2) is 4.61. The molecule has 2 amide bonds. The van der Waals surface area contributed by atoms with E-state index in [1.54, 1.807) is 12.1 Å². The summed E-state index contributed by atoms with van der Waals surface area (Å²) < 4.78 is 0. The largest absolute Gasteiger partial charge is 0.508 e. The Hall–Kier alpha value is -1.98. The Labute approximate surface area is 112 Å². The van der Waals surface area contributed by atoms with Gasteiger partial charge in [-0.05, 0) is 18.6 Å². The smallest absolute Gasteiger partial charge is 0.254 e. The van der Waals surface area contributed by atoms with E-state index in [9.17, 15) is 14.7 Å². The van der Waals surface area contributed by atoms with Crippen molar-refractivity contribution in [1.29, 1.82) is 0 Å². The van der Waals surface area contributed by atoms with Crippen LogP contribution in [-0.4, -0.2) is 35.1 Å². The first-order chi connectivity index (χ1) is 8.91. The molecule has 1 aromatic rings. The van der Waals surface area contributed by atoms with Gasteiger partial charge >= 0.3 is 0 Å². The molecule has 0 saturated carbocycles. The minimum Gasteiger partial charge on any atom is -0.508 e. The van der Waals surface area contributed by atoms with Crippen molar-refractivity contribution in [3.63, 3.8) is 0 Å². The first kappa shape index (κ1) is 13.5. The predicted octanol–water partition coefficient (Wildman–Crippen LogP) is 0.498. The highest BCUT2D eigenvalue weighted by Crippen LogP contribution is 2.34. The van der Waals surface area contributed by atoms with Gasteiger partial charge in [0.25, 0.3) is 5.91 Å². The van der Waals surface area contributed by atoms with Gasteiger partial charge in [0.15, 0.2) is 0 Å². The summed E-state index contributed by atoms with van der Waals surface area (Å²) in [5.41, 5.74) is 4.69. The van der Waals surface area contributed by atoms with Crippen LogP contribution in [0.4, 0.5) is 0 Å². The molecule has 1 atom stereocenters. The molecule has 3 N–H and O–H groups in total. The van der Waals surface area contributed by atoms with E-state index in [-0.39, 0.29) is 24.6 Å². The molecule has 1 heterocycles. The number of nitrogens with two attached hydrogens (primary N) is 1. The highest BCUT2D eigenvalue weighted by atomic mass is 16.3. The third kappa shape index (κ3) is 1.97. The van der Waals surface area contributed by atoms with Crippen molar-refractivity contribution in [1.82, 2.24) is 4.90 Å². The van der Waals surface area contributed by atoms with Crippen molar-refractivity contribution in [2.75, 3.05) is 0 Å². The van der Waals surface area contributed by atoms with Crippen LogP contribution in [0.3, 0.4) is 0 Å². The summed E-state index contributed by atoms with van der Waals surface area (Å²) in [7, 11) is 6.03. The average molecular weight is 258 g/mol. The summed E-state index contributed by atoms with van der Waals surface area (Å²) in [6, 6.07) is 4.68. The number of hydrogen-bond acceptors (Lipinski definition) is 3. The Bertz CT molecular complexity index is 547. The molecule has 5 nitrogen and oxygen atoms in total. The number of fused-ring (bicyclic) bond motifs is 1. The summed E-state index contributed by atoms with van der Waals surface area (Å²) in [6.07, 6.45) is 0.897. The topological polar surface area (TPSA) is 83.6 Å². The monoisotopic (exact) mass is 258 g/mol. The van der Waals surface area contributed by atoms with Gasteiger partial charge in [-0.15, -0.1) is 0 Å². The number of phenolic OH excluding ortho intramolecular Hbond substituents is 1. The summed E-state index contributed by atoms with van der Waals surface area (Å²) in [6.45, 7) is 1.95. The molecule has 0 aliphatic carbocycles. The molecule has 19 heavy (non-hydrogen) atoms. The van der Waals surface area contributed by atoms with Crippen molar-refractivity contribution < 1.29 is 14.7 Å². The van der Waals surface area contributed by atoms with Crippen molar-refractivity contribution in [3.05, 3.63) is 29.3 Å². The van der Waals surface area contributed by atoms with Crippen LogP contribution in [0.25, 0.3) is 0 Å². The van der Waals surface area contributed by atoms with E-state index in [1.807, 2.05) is 6.92 Å². The van der Waals surface area contributed by atoms with Gasteiger partial charge in [-0.2, -0.15) is 0 Å². The number of amides is 2. The first-order valence-corrected chi connectivity index (χ1v) is 6.13. The van der Waals surface area contributed by atoms with Gasteiger partial charge in [-0.3, -0.25) is 9.59 Å². The van der Waals surface area contributed by atoms with Crippen LogP contribution in [0.2, 0.25) is 0 Å². The van der Waals surface area contributed by atoms with Crippen LogP contribution in [0.15, 0.2) is 18.2 Å². The van der Waals surface area contributed by atoms with E-state index in [2.05, 4.69) is 0 Å². The van der Waals surface area contributed by atoms with Crippen molar-refractivity contribution in [2.45, 2.75) is 31.7 Å².